The van der Waals surface area contributed by atoms with Crippen molar-refractivity contribution in [1.29, 1.82) is 0 Å². The van der Waals surface area contributed by atoms with Gasteiger partial charge in [-0.05, 0) is 12.5 Å². The lowest BCUT2D eigenvalue weighted by molar-refractivity contribution is 1.22. The molecule has 0 aliphatic heterocycles. The van der Waals surface area contributed by atoms with Crippen LogP contribution in [-0.4, -0.2) is 13.3 Å². The normalized spacial score (nSPS) is 12.7. The molecule has 0 aliphatic rings. The molecule has 0 spiro atoms. The largest absolute Gasteiger partial charge is 0.297 e. The molecule has 0 saturated heterocycles. The standard InChI is InChI=1S/C8H13N/c1-3-4-5-6-7-8-9-2/h4-8H,3H2,1-2H3/b5-4+,7-6-,9-8?. The van der Waals surface area contributed by atoms with Gasteiger partial charge in [0.15, 0.2) is 0 Å². The number of allylic oxidation sites excluding steroid dienone is 4. The molecule has 0 saturated carbocycles. The van der Waals surface area contributed by atoms with E-state index in [0.29, 0.717) is 0 Å². The molecule has 1 nitrogen and oxygen atoms in total. The Morgan fingerprint density at radius 2 is 2.00 bits per heavy atom. The highest BCUT2D eigenvalue weighted by molar-refractivity contribution is 5.71. The van der Waals surface area contributed by atoms with Gasteiger partial charge in [-0.2, -0.15) is 0 Å². The molecule has 0 fully saturated rings. The molecule has 0 aromatic rings. The van der Waals surface area contributed by atoms with E-state index in [1.54, 1.807) is 13.3 Å². The Morgan fingerprint density at radius 1 is 1.22 bits per heavy atom. The Labute approximate surface area is 56.8 Å². The van der Waals surface area contributed by atoms with Gasteiger partial charge in [0.1, 0.15) is 0 Å². The summed E-state index contributed by atoms with van der Waals surface area (Å²) in [5.41, 5.74) is 0. The third-order valence-corrected chi connectivity index (χ3v) is 0.829. The minimum Gasteiger partial charge on any atom is -0.297 e. The molecule has 9 heavy (non-hydrogen) atoms. The molecule has 0 aliphatic carbocycles. The third kappa shape index (κ3) is 7.15. The molecule has 0 atom stereocenters. The molecule has 0 heterocycles. The number of rotatable bonds is 3. The summed E-state index contributed by atoms with van der Waals surface area (Å²) in [6, 6.07) is 0. The topological polar surface area (TPSA) is 12.4 Å². The summed E-state index contributed by atoms with van der Waals surface area (Å²) in [4.78, 5) is 3.79. The Morgan fingerprint density at radius 3 is 2.56 bits per heavy atom. The second-order valence-corrected chi connectivity index (χ2v) is 1.63. The molecule has 0 rings (SSSR count). The van der Waals surface area contributed by atoms with Crippen molar-refractivity contribution in [1.82, 2.24) is 0 Å². The van der Waals surface area contributed by atoms with Crippen LogP contribution in [0, 0.1) is 0 Å². The van der Waals surface area contributed by atoms with Crippen molar-refractivity contribution in [2.75, 3.05) is 7.05 Å². The average Bonchev–Trinajstić information content (AvgIpc) is 1.89. The van der Waals surface area contributed by atoms with Crippen LogP contribution in [0.4, 0.5) is 0 Å². The zero-order chi connectivity index (χ0) is 6.95. The van der Waals surface area contributed by atoms with Crippen LogP contribution in [0.2, 0.25) is 0 Å². The third-order valence-electron chi connectivity index (χ3n) is 0.829. The molecule has 0 N–H and O–H groups in total. The van der Waals surface area contributed by atoms with E-state index in [1.165, 1.54) is 0 Å². The SMILES string of the molecule is CC/C=C/C=C\C=NC. The van der Waals surface area contributed by atoms with E-state index < -0.39 is 0 Å². The summed E-state index contributed by atoms with van der Waals surface area (Å²) in [6.07, 6.45) is 10.8. The molecule has 0 amide bonds. The van der Waals surface area contributed by atoms with Crippen molar-refractivity contribution >= 4 is 6.21 Å². The Balaban J connectivity index is 3.35. The highest BCUT2D eigenvalue weighted by atomic mass is 14.6. The molecule has 0 unspecified atom stereocenters. The molecule has 1 heteroatoms. The van der Waals surface area contributed by atoms with Gasteiger partial charge in [0, 0.05) is 13.3 Å². The zero-order valence-corrected chi connectivity index (χ0v) is 6.04. The fourth-order valence-electron chi connectivity index (χ4n) is 0.415. The van der Waals surface area contributed by atoms with Crippen LogP contribution >= 0.6 is 0 Å². The van der Waals surface area contributed by atoms with E-state index in [1.807, 2.05) is 18.2 Å². The fraction of sp³-hybridized carbons (Fsp3) is 0.375. The van der Waals surface area contributed by atoms with Gasteiger partial charge in [-0.3, -0.25) is 4.99 Å². The smallest absolute Gasteiger partial charge is 0.0277 e. The Kier molecular flexibility index (Phi) is 6.47. The molecule has 50 valence electrons. The van der Waals surface area contributed by atoms with Gasteiger partial charge in [-0.1, -0.05) is 25.2 Å². The first kappa shape index (κ1) is 8.15. The number of aliphatic imine (C=N–C) groups is 1. The van der Waals surface area contributed by atoms with Crippen LogP contribution in [0.5, 0.6) is 0 Å². The molecule has 0 bridgehead atoms. The second-order valence-electron chi connectivity index (χ2n) is 1.63. The Hall–Kier alpha value is -0.850. The lowest BCUT2D eigenvalue weighted by Gasteiger charge is -1.72. The van der Waals surface area contributed by atoms with Crippen molar-refractivity contribution in [3.8, 4) is 0 Å². The molecular weight excluding hydrogens is 110 g/mol. The maximum Gasteiger partial charge on any atom is 0.0277 e. The number of nitrogens with zero attached hydrogens (tertiary/aromatic N) is 1. The highest BCUT2D eigenvalue weighted by Crippen LogP contribution is 1.79. The monoisotopic (exact) mass is 123 g/mol. The quantitative estimate of drug-likeness (QED) is 0.403. The van der Waals surface area contributed by atoms with Crippen molar-refractivity contribution in [2.45, 2.75) is 13.3 Å². The summed E-state index contributed by atoms with van der Waals surface area (Å²) < 4.78 is 0. The van der Waals surface area contributed by atoms with E-state index in [-0.39, 0.29) is 0 Å². The van der Waals surface area contributed by atoms with E-state index in [0.717, 1.165) is 6.42 Å². The van der Waals surface area contributed by atoms with Gasteiger partial charge in [-0.15, -0.1) is 0 Å². The van der Waals surface area contributed by atoms with Crippen LogP contribution in [0.1, 0.15) is 13.3 Å². The summed E-state index contributed by atoms with van der Waals surface area (Å²) in [6.45, 7) is 2.11. The van der Waals surface area contributed by atoms with Gasteiger partial charge < -0.3 is 0 Å². The zero-order valence-electron chi connectivity index (χ0n) is 6.04. The number of hydrogen-bond acceptors (Lipinski definition) is 1. The van der Waals surface area contributed by atoms with Gasteiger partial charge in [0.25, 0.3) is 0 Å². The van der Waals surface area contributed by atoms with Gasteiger partial charge in [-0.25, -0.2) is 0 Å². The lowest BCUT2D eigenvalue weighted by Crippen LogP contribution is -1.59. The van der Waals surface area contributed by atoms with Crippen LogP contribution in [-0.2, 0) is 0 Å². The van der Waals surface area contributed by atoms with Crippen molar-refractivity contribution in [3.63, 3.8) is 0 Å². The predicted molar refractivity (Wildman–Crippen MR) is 43.0 cm³/mol. The van der Waals surface area contributed by atoms with Crippen LogP contribution in [0.3, 0.4) is 0 Å². The molecule has 0 radical (unpaired) electrons. The van der Waals surface area contributed by atoms with Crippen LogP contribution in [0.25, 0.3) is 0 Å². The van der Waals surface area contributed by atoms with Gasteiger partial charge in [0.05, 0.1) is 0 Å². The summed E-state index contributed by atoms with van der Waals surface area (Å²) in [5, 5.41) is 0. The minimum absolute atomic E-state index is 1.09. The van der Waals surface area contributed by atoms with Crippen molar-refractivity contribution in [3.05, 3.63) is 24.3 Å². The highest BCUT2D eigenvalue weighted by Gasteiger charge is 1.60. The summed E-state index contributed by atoms with van der Waals surface area (Å²) >= 11 is 0. The maximum atomic E-state index is 3.79. The van der Waals surface area contributed by atoms with Gasteiger partial charge in [0.2, 0.25) is 0 Å². The number of hydrogen-bond donors (Lipinski definition) is 0. The molecular formula is C8H13N. The van der Waals surface area contributed by atoms with E-state index in [9.17, 15) is 0 Å². The van der Waals surface area contributed by atoms with E-state index in [4.69, 9.17) is 0 Å². The first-order valence-electron chi connectivity index (χ1n) is 3.15. The van der Waals surface area contributed by atoms with E-state index >= 15 is 0 Å². The minimum atomic E-state index is 1.09. The maximum absolute atomic E-state index is 3.79. The van der Waals surface area contributed by atoms with Crippen LogP contribution in [0.15, 0.2) is 29.3 Å². The average molecular weight is 123 g/mol. The summed E-state index contributed by atoms with van der Waals surface area (Å²) in [7, 11) is 1.76. The Bertz CT molecular complexity index is 121. The second kappa shape index (κ2) is 7.15. The lowest BCUT2D eigenvalue weighted by atomic mass is 10.4. The van der Waals surface area contributed by atoms with Crippen LogP contribution < -0.4 is 0 Å². The first-order chi connectivity index (χ1) is 4.41. The summed E-state index contributed by atoms with van der Waals surface area (Å²) in [5.74, 6) is 0. The molecule has 0 aromatic carbocycles. The van der Waals surface area contributed by atoms with Crippen molar-refractivity contribution < 1.29 is 0 Å². The van der Waals surface area contributed by atoms with E-state index in [2.05, 4.69) is 18.0 Å². The fourth-order valence-corrected chi connectivity index (χ4v) is 0.415. The van der Waals surface area contributed by atoms with Crippen molar-refractivity contribution in [2.24, 2.45) is 4.99 Å². The first-order valence-corrected chi connectivity index (χ1v) is 3.15. The molecule has 0 aromatic heterocycles. The predicted octanol–water partition coefficient (Wildman–Crippen LogP) is 2.21. The van der Waals surface area contributed by atoms with Gasteiger partial charge >= 0.3 is 0 Å².